The fraction of sp³-hybridized carbons (Fsp3) is 0.278. The van der Waals surface area contributed by atoms with Crippen molar-refractivity contribution < 1.29 is 17.9 Å². The van der Waals surface area contributed by atoms with Crippen molar-refractivity contribution in [2.45, 2.75) is 38.7 Å². The first-order chi connectivity index (χ1) is 11.6. The number of anilines is 1. The number of hydrogen-bond donors (Lipinski definition) is 2. The molecule has 1 atom stereocenters. The van der Waals surface area contributed by atoms with Crippen LogP contribution in [0.5, 0.6) is 5.75 Å². The molecule has 0 radical (unpaired) electrons. The van der Waals surface area contributed by atoms with Crippen molar-refractivity contribution in [1.29, 1.82) is 0 Å². The lowest BCUT2D eigenvalue weighted by Crippen LogP contribution is -2.30. The molecule has 0 aliphatic rings. The van der Waals surface area contributed by atoms with Gasteiger partial charge >= 0.3 is 0 Å². The molecule has 6 nitrogen and oxygen atoms in total. The molecule has 0 saturated heterocycles. The largest absolute Gasteiger partial charge is 0.481 e. The molecule has 2 aromatic carbocycles. The van der Waals surface area contributed by atoms with E-state index in [2.05, 4.69) is 5.32 Å². The van der Waals surface area contributed by atoms with Crippen molar-refractivity contribution >= 4 is 21.6 Å². The molecule has 3 N–H and O–H groups in total. The minimum absolute atomic E-state index is 0.0435. The molecule has 0 fully saturated rings. The number of amides is 1. The summed E-state index contributed by atoms with van der Waals surface area (Å²) in [7, 11) is -3.86. The number of nitrogens with two attached hydrogens (primary N) is 1. The Kier molecular flexibility index (Phi) is 5.49. The van der Waals surface area contributed by atoms with Gasteiger partial charge in [-0.3, -0.25) is 4.79 Å². The van der Waals surface area contributed by atoms with Crippen LogP contribution in [0.1, 0.15) is 23.6 Å². The molecule has 0 heterocycles. The van der Waals surface area contributed by atoms with Gasteiger partial charge < -0.3 is 10.1 Å². The topological polar surface area (TPSA) is 98.5 Å². The molecular weight excluding hydrogens is 340 g/mol. The highest BCUT2D eigenvalue weighted by Crippen LogP contribution is 2.24. The van der Waals surface area contributed by atoms with Gasteiger partial charge in [-0.05, 0) is 63.1 Å². The highest BCUT2D eigenvalue weighted by Gasteiger charge is 2.18. The predicted octanol–water partition coefficient (Wildman–Crippen LogP) is 2.67. The third-order valence-corrected chi connectivity index (χ3v) is 4.82. The van der Waals surface area contributed by atoms with Gasteiger partial charge in [-0.25, -0.2) is 13.6 Å². The molecule has 0 aromatic heterocycles. The Morgan fingerprint density at radius 1 is 1.12 bits per heavy atom. The Morgan fingerprint density at radius 3 is 2.28 bits per heavy atom. The van der Waals surface area contributed by atoms with Gasteiger partial charge in [-0.2, -0.15) is 0 Å². The normalized spacial score (nSPS) is 12.5. The quantitative estimate of drug-likeness (QED) is 0.854. The molecule has 1 amide bonds. The van der Waals surface area contributed by atoms with Gasteiger partial charge in [0.05, 0.1) is 4.90 Å². The zero-order chi connectivity index (χ0) is 18.8. The number of rotatable bonds is 5. The standard InChI is InChI=1S/C18H22N2O4S/c1-11-5-7-15(8-6-11)24-14(4)18(21)20-17-10-16(25(19,22)23)9-12(2)13(17)3/h5-10,14H,1-4H3,(H,20,21)(H2,19,22,23). The lowest BCUT2D eigenvalue weighted by molar-refractivity contribution is -0.122. The molecule has 134 valence electrons. The summed E-state index contributed by atoms with van der Waals surface area (Å²) in [6.45, 7) is 7.14. The van der Waals surface area contributed by atoms with Crippen LogP contribution in [0.15, 0.2) is 41.3 Å². The highest BCUT2D eigenvalue weighted by atomic mass is 32.2. The van der Waals surface area contributed by atoms with Crippen LogP contribution in [-0.2, 0) is 14.8 Å². The first kappa shape index (κ1) is 19.0. The number of benzene rings is 2. The van der Waals surface area contributed by atoms with E-state index in [1.807, 2.05) is 19.1 Å². The maximum absolute atomic E-state index is 12.4. The van der Waals surface area contributed by atoms with E-state index in [9.17, 15) is 13.2 Å². The van der Waals surface area contributed by atoms with Crippen molar-refractivity contribution in [1.82, 2.24) is 0 Å². The first-order valence-electron chi connectivity index (χ1n) is 7.76. The highest BCUT2D eigenvalue weighted by molar-refractivity contribution is 7.89. The van der Waals surface area contributed by atoms with E-state index in [-0.39, 0.29) is 10.8 Å². The van der Waals surface area contributed by atoms with Gasteiger partial charge in [-0.1, -0.05) is 17.7 Å². The monoisotopic (exact) mass is 362 g/mol. The first-order valence-corrected chi connectivity index (χ1v) is 9.31. The van der Waals surface area contributed by atoms with Crippen LogP contribution in [0, 0.1) is 20.8 Å². The Balaban J connectivity index is 2.19. The molecule has 25 heavy (non-hydrogen) atoms. The molecule has 0 saturated carbocycles. The van der Waals surface area contributed by atoms with Gasteiger partial charge in [0.25, 0.3) is 5.91 Å². The Labute approximate surface area is 148 Å². The Morgan fingerprint density at radius 2 is 1.72 bits per heavy atom. The van der Waals surface area contributed by atoms with Crippen molar-refractivity contribution in [3.8, 4) is 5.75 Å². The third kappa shape index (κ3) is 4.80. The van der Waals surface area contributed by atoms with E-state index in [1.165, 1.54) is 12.1 Å². The van der Waals surface area contributed by atoms with Gasteiger partial charge in [0.2, 0.25) is 10.0 Å². The number of primary sulfonamides is 1. The molecular formula is C18H22N2O4S. The van der Waals surface area contributed by atoms with E-state index < -0.39 is 16.1 Å². The Bertz CT molecular complexity index is 890. The summed E-state index contributed by atoms with van der Waals surface area (Å²) in [5.74, 6) is 0.203. The van der Waals surface area contributed by atoms with Crippen LogP contribution in [0.2, 0.25) is 0 Å². The zero-order valence-corrected chi connectivity index (χ0v) is 15.5. The number of carbonyl (C=O) groups excluding carboxylic acids is 1. The molecule has 0 aliphatic heterocycles. The number of sulfonamides is 1. The van der Waals surface area contributed by atoms with E-state index in [4.69, 9.17) is 9.88 Å². The SMILES string of the molecule is Cc1ccc(OC(C)C(=O)Nc2cc(S(N)(=O)=O)cc(C)c2C)cc1. The van der Waals surface area contributed by atoms with Crippen molar-refractivity contribution in [2.75, 3.05) is 5.32 Å². The molecule has 2 aromatic rings. The minimum atomic E-state index is -3.86. The van der Waals surface area contributed by atoms with Crippen LogP contribution < -0.4 is 15.2 Å². The van der Waals surface area contributed by atoms with Gasteiger partial charge in [-0.15, -0.1) is 0 Å². The number of ether oxygens (including phenoxy) is 1. The maximum Gasteiger partial charge on any atom is 0.265 e. The number of nitrogens with one attached hydrogen (secondary N) is 1. The second-order valence-electron chi connectivity index (χ2n) is 6.02. The summed E-state index contributed by atoms with van der Waals surface area (Å²) in [6, 6.07) is 10.2. The summed E-state index contributed by atoms with van der Waals surface area (Å²) in [4.78, 5) is 12.3. The summed E-state index contributed by atoms with van der Waals surface area (Å²) in [6.07, 6.45) is -0.749. The second-order valence-corrected chi connectivity index (χ2v) is 7.58. The van der Waals surface area contributed by atoms with E-state index in [0.717, 1.165) is 11.1 Å². The zero-order valence-electron chi connectivity index (χ0n) is 14.7. The number of carbonyl (C=O) groups is 1. The van der Waals surface area contributed by atoms with E-state index >= 15 is 0 Å². The van der Waals surface area contributed by atoms with Crippen LogP contribution in [0.4, 0.5) is 5.69 Å². The fourth-order valence-corrected chi connectivity index (χ4v) is 2.85. The predicted molar refractivity (Wildman–Crippen MR) is 97.2 cm³/mol. The van der Waals surface area contributed by atoms with E-state index in [0.29, 0.717) is 17.0 Å². The van der Waals surface area contributed by atoms with E-state index in [1.54, 1.807) is 32.9 Å². The summed E-state index contributed by atoms with van der Waals surface area (Å²) >= 11 is 0. The average Bonchev–Trinajstić information content (AvgIpc) is 2.52. The van der Waals surface area contributed by atoms with Crippen LogP contribution in [-0.4, -0.2) is 20.4 Å². The summed E-state index contributed by atoms with van der Waals surface area (Å²) in [5, 5.41) is 7.90. The molecule has 0 spiro atoms. The molecule has 1 unspecified atom stereocenters. The van der Waals surface area contributed by atoms with Crippen LogP contribution in [0.3, 0.4) is 0 Å². The fourth-order valence-electron chi connectivity index (χ4n) is 2.23. The molecule has 0 bridgehead atoms. The minimum Gasteiger partial charge on any atom is -0.481 e. The van der Waals surface area contributed by atoms with Gasteiger partial charge in [0.1, 0.15) is 5.75 Å². The Hall–Kier alpha value is -2.38. The summed E-state index contributed by atoms with van der Waals surface area (Å²) in [5.41, 5.74) is 2.97. The molecule has 0 aliphatic carbocycles. The average molecular weight is 362 g/mol. The van der Waals surface area contributed by atoms with Gasteiger partial charge in [0, 0.05) is 5.69 Å². The lowest BCUT2D eigenvalue weighted by Gasteiger charge is -2.17. The number of hydrogen-bond acceptors (Lipinski definition) is 4. The van der Waals surface area contributed by atoms with Crippen LogP contribution in [0.25, 0.3) is 0 Å². The second kappa shape index (κ2) is 7.25. The summed E-state index contributed by atoms with van der Waals surface area (Å²) < 4.78 is 28.8. The van der Waals surface area contributed by atoms with Crippen molar-refractivity contribution in [2.24, 2.45) is 5.14 Å². The number of aryl methyl sites for hydroxylation is 2. The smallest absolute Gasteiger partial charge is 0.265 e. The maximum atomic E-state index is 12.4. The lowest BCUT2D eigenvalue weighted by atomic mass is 10.1. The van der Waals surface area contributed by atoms with Crippen LogP contribution >= 0.6 is 0 Å². The molecule has 7 heteroatoms. The van der Waals surface area contributed by atoms with Crippen molar-refractivity contribution in [3.63, 3.8) is 0 Å². The third-order valence-electron chi connectivity index (χ3n) is 3.93. The van der Waals surface area contributed by atoms with Crippen molar-refractivity contribution in [3.05, 3.63) is 53.1 Å². The molecule has 2 rings (SSSR count). The van der Waals surface area contributed by atoms with Gasteiger partial charge in [0.15, 0.2) is 6.10 Å².